The summed E-state index contributed by atoms with van der Waals surface area (Å²) in [7, 11) is 0. The number of aliphatic hydroxyl groups excluding tert-OH is 1. The van der Waals surface area contributed by atoms with Crippen LogP contribution < -0.4 is 0 Å². The van der Waals surface area contributed by atoms with Gasteiger partial charge in [0.1, 0.15) is 0 Å². The molecule has 0 aromatic rings. The zero-order chi connectivity index (χ0) is 22.3. The Morgan fingerprint density at radius 3 is 2.57 bits per heavy atom. The van der Waals surface area contributed by atoms with Crippen LogP contribution in [0.3, 0.4) is 0 Å². The van der Waals surface area contributed by atoms with Crippen LogP contribution in [-0.4, -0.2) is 35.7 Å². The molecule has 1 saturated carbocycles. The van der Waals surface area contributed by atoms with Crippen molar-refractivity contribution in [3.8, 4) is 0 Å². The fourth-order valence-corrected chi connectivity index (χ4v) is 5.74. The molecule has 0 aromatic carbocycles. The van der Waals surface area contributed by atoms with E-state index in [1.165, 1.54) is 13.8 Å². The molecule has 0 bridgehead atoms. The maximum atomic E-state index is 11.9. The van der Waals surface area contributed by atoms with Gasteiger partial charge >= 0.3 is 11.9 Å². The van der Waals surface area contributed by atoms with Crippen LogP contribution in [0.5, 0.6) is 0 Å². The van der Waals surface area contributed by atoms with Gasteiger partial charge in [-0.1, -0.05) is 38.2 Å². The van der Waals surface area contributed by atoms with E-state index in [9.17, 15) is 14.7 Å². The van der Waals surface area contributed by atoms with E-state index < -0.39 is 36.0 Å². The Kier molecular flexibility index (Phi) is 6.30. The van der Waals surface area contributed by atoms with Crippen LogP contribution in [0.1, 0.15) is 60.3 Å². The molecule has 166 valence electrons. The van der Waals surface area contributed by atoms with E-state index in [1.54, 1.807) is 6.08 Å². The number of allylic oxidation sites excluding steroid dienone is 3. The average molecular weight is 419 g/mol. The standard InChI is InChI=1S/C24H34O6/c1-7-14(2)8-10-23(6)15(3)9-11-24-19(12-18(27)13-20(23)24)21(28-16(4)25)30-22(24)29-17(5)26/h7-8,12,15,18,20-22,27H,1,9-11,13H2,2-6H3/b14-8-/t15-,18+,20+,21+,22-,23-,24-/m1/s1. The van der Waals surface area contributed by atoms with Crippen molar-refractivity contribution in [2.75, 3.05) is 0 Å². The molecule has 1 heterocycles. The van der Waals surface area contributed by atoms with Crippen molar-refractivity contribution in [2.24, 2.45) is 22.7 Å². The number of ether oxygens (including phenoxy) is 3. The first kappa shape index (κ1) is 22.8. The van der Waals surface area contributed by atoms with Gasteiger partial charge in [-0.2, -0.15) is 0 Å². The van der Waals surface area contributed by atoms with Crippen molar-refractivity contribution < 1.29 is 28.9 Å². The monoisotopic (exact) mass is 418 g/mol. The van der Waals surface area contributed by atoms with Crippen LogP contribution in [0.4, 0.5) is 0 Å². The molecule has 3 aliphatic rings. The summed E-state index contributed by atoms with van der Waals surface area (Å²) < 4.78 is 17.1. The Hall–Kier alpha value is -1.92. The molecule has 1 aliphatic heterocycles. The van der Waals surface area contributed by atoms with Gasteiger partial charge in [0.25, 0.3) is 0 Å². The third-order valence-corrected chi connectivity index (χ3v) is 7.57. The lowest BCUT2D eigenvalue weighted by Crippen LogP contribution is -2.56. The Bertz CT molecular complexity index is 783. The highest BCUT2D eigenvalue weighted by molar-refractivity contribution is 5.67. The summed E-state index contributed by atoms with van der Waals surface area (Å²) in [5.41, 5.74) is 1.04. The van der Waals surface area contributed by atoms with Gasteiger partial charge in [-0.3, -0.25) is 14.3 Å². The maximum absolute atomic E-state index is 11.9. The molecule has 3 rings (SSSR count). The van der Waals surface area contributed by atoms with E-state index in [2.05, 4.69) is 26.5 Å². The number of carbonyl (C=O) groups excluding carboxylic acids is 2. The molecule has 0 radical (unpaired) electrons. The lowest BCUT2D eigenvalue weighted by atomic mass is 9.46. The smallest absolute Gasteiger partial charge is 0.305 e. The lowest BCUT2D eigenvalue weighted by molar-refractivity contribution is -0.235. The number of esters is 2. The molecule has 7 atom stereocenters. The van der Waals surface area contributed by atoms with Gasteiger partial charge < -0.3 is 14.6 Å². The molecule has 0 unspecified atom stereocenters. The predicted molar refractivity (Wildman–Crippen MR) is 112 cm³/mol. The molecule has 6 heteroatoms. The van der Waals surface area contributed by atoms with E-state index >= 15 is 0 Å². The first-order chi connectivity index (χ1) is 14.0. The second kappa shape index (κ2) is 8.31. The number of aliphatic hydroxyl groups is 1. The quantitative estimate of drug-likeness (QED) is 0.412. The fourth-order valence-electron chi connectivity index (χ4n) is 5.74. The van der Waals surface area contributed by atoms with Crippen LogP contribution in [0.25, 0.3) is 0 Å². The molecular weight excluding hydrogens is 384 g/mol. The van der Waals surface area contributed by atoms with Gasteiger partial charge in [0.15, 0.2) is 0 Å². The van der Waals surface area contributed by atoms with Gasteiger partial charge in [0, 0.05) is 19.4 Å². The van der Waals surface area contributed by atoms with Gasteiger partial charge in [-0.05, 0) is 55.9 Å². The van der Waals surface area contributed by atoms with Crippen LogP contribution >= 0.6 is 0 Å². The molecule has 0 amide bonds. The molecule has 1 saturated heterocycles. The van der Waals surface area contributed by atoms with E-state index in [1.807, 2.05) is 13.0 Å². The normalized spacial score (nSPS) is 40.7. The number of carbonyl (C=O) groups is 2. The first-order valence-corrected chi connectivity index (χ1v) is 10.7. The Balaban J connectivity index is 2.12. The predicted octanol–water partition coefficient (Wildman–Crippen LogP) is 4.05. The van der Waals surface area contributed by atoms with Gasteiger partial charge in [-0.25, -0.2) is 0 Å². The lowest BCUT2D eigenvalue weighted by Gasteiger charge is -2.58. The van der Waals surface area contributed by atoms with Crippen molar-refractivity contribution >= 4 is 11.9 Å². The summed E-state index contributed by atoms with van der Waals surface area (Å²) >= 11 is 0. The van der Waals surface area contributed by atoms with Crippen molar-refractivity contribution in [3.05, 3.63) is 36.0 Å². The highest BCUT2D eigenvalue weighted by Crippen LogP contribution is 2.66. The zero-order valence-corrected chi connectivity index (χ0v) is 18.6. The summed E-state index contributed by atoms with van der Waals surface area (Å²) in [6, 6.07) is 0. The second-order valence-corrected chi connectivity index (χ2v) is 9.34. The number of hydrogen-bond acceptors (Lipinski definition) is 6. The third-order valence-electron chi connectivity index (χ3n) is 7.57. The minimum Gasteiger partial charge on any atom is -0.435 e. The summed E-state index contributed by atoms with van der Waals surface area (Å²) in [4.78, 5) is 23.6. The first-order valence-electron chi connectivity index (χ1n) is 10.7. The average Bonchev–Trinajstić information content (AvgIpc) is 2.94. The van der Waals surface area contributed by atoms with Crippen LogP contribution in [-0.2, 0) is 23.8 Å². The van der Waals surface area contributed by atoms with Gasteiger partial charge in [-0.15, -0.1) is 0 Å². The molecule has 1 spiro atoms. The molecule has 6 nitrogen and oxygen atoms in total. The van der Waals surface area contributed by atoms with Gasteiger partial charge in [0.05, 0.1) is 11.5 Å². The molecular formula is C24H34O6. The van der Waals surface area contributed by atoms with E-state index in [0.717, 1.165) is 30.4 Å². The zero-order valence-electron chi connectivity index (χ0n) is 18.6. The second-order valence-electron chi connectivity index (χ2n) is 9.34. The summed E-state index contributed by atoms with van der Waals surface area (Å²) in [5, 5.41) is 10.7. The maximum Gasteiger partial charge on any atom is 0.305 e. The molecule has 30 heavy (non-hydrogen) atoms. The van der Waals surface area contributed by atoms with Crippen molar-refractivity contribution in [2.45, 2.75) is 79.0 Å². The highest BCUT2D eigenvalue weighted by atomic mass is 16.8. The molecule has 1 N–H and O–H groups in total. The summed E-state index contributed by atoms with van der Waals surface area (Å²) in [6.07, 6.45) is 6.30. The Morgan fingerprint density at radius 1 is 1.30 bits per heavy atom. The number of rotatable bonds is 5. The fraction of sp³-hybridized carbons (Fsp3) is 0.667. The van der Waals surface area contributed by atoms with E-state index in [4.69, 9.17) is 14.2 Å². The topological polar surface area (TPSA) is 82.1 Å². The van der Waals surface area contributed by atoms with Crippen LogP contribution in [0.2, 0.25) is 0 Å². The summed E-state index contributed by atoms with van der Waals surface area (Å²) in [5.74, 6) is -0.542. The molecule has 0 aromatic heterocycles. The molecule has 2 fully saturated rings. The van der Waals surface area contributed by atoms with Crippen molar-refractivity contribution in [3.63, 3.8) is 0 Å². The Morgan fingerprint density at radius 2 is 1.97 bits per heavy atom. The van der Waals surface area contributed by atoms with E-state index in [0.29, 0.717) is 12.3 Å². The summed E-state index contributed by atoms with van der Waals surface area (Å²) in [6.45, 7) is 13.0. The number of hydrogen-bond donors (Lipinski definition) is 1. The van der Waals surface area contributed by atoms with E-state index in [-0.39, 0.29) is 11.3 Å². The van der Waals surface area contributed by atoms with Crippen molar-refractivity contribution in [1.82, 2.24) is 0 Å². The Labute approximate surface area is 179 Å². The molecule has 2 aliphatic carbocycles. The minimum absolute atomic E-state index is 0.0116. The highest BCUT2D eigenvalue weighted by Gasteiger charge is 2.67. The SMILES string of the molecule is C=C/C(C)=C\C[C@]1(C)[C@H](C)CC[C@@]23C(=C[C@H](O)C[C@@H]12)[C@@H](OC(C)=O)O[C@H]3OC(C)=O. The largest absolute Gasteiger partial charge is 0.435 e. The minimum atomic E-state index is -0.951. The van der Waals surface area contributed by atoms with Crippen LogP contribution in [0, 0.1) is 22.7 Å². The van der Waals surface area contributed by atoms with Crippen LogP contribution in [0.15, 0.2) is 36.0 Å². The van der Waals surface area contributed by atoms with Gasteiger partial charge in [0.2, 0.25) is 12.6 Å². The van der Waals surface area contributed by atoms with Crippen molar-refractivity contribution in [1.29, 1.82) is 0 Å². The third kappa shape index (κ3) is 3.76.